The van der Waals surface area contributed by atoms with Gasteiger partial charge in [-0.2, -0.15) is 0 Å². The van der Waals surface area contributed by atoms with Crippen LogP contribution in [0.15, 0.2) is 133 Å². The van der Waals surface area contributed by atoms with Crippen LogP contribution in [0.4, 0.5) is 0 Å². The average molecular weight is 698 g/mol. The summed E-state index contributed by atoms with van der Waals surface area (Å²) in [7, 11) is 0. The molecule has 0 amide bonds. The fraction of sp³-hybridized carbons (Fsp3) is 0.235. The Balaban J connectivity index is 0.935. The van der Waals surface area contributed by atoms with Gasteiger partial charge < -0.3 is 0 Å². The lowest BCUT2D eigenvalue weighted by Gasteiger charge is -2.26. The molecule has 4 aromatic carbocycles. The summed E-state index contributed by atoms with van der Waals surface area (Å²) < 4.78 is 0. The van der Waals surface area contributed by atoms with Gasteiger partial charge in [-0.1, -0.05) is 155 Å². The van der Waals surface area contributed by atoms with E-state index >= 15 is 0 Å². The van der Waals surface area contributed by atoms with E-state index in [0.29, 0.717) is 11.8 Å². The van der Waals surface area contributed by atoms with E-state index in [1.807, 2.05) is 6.07 Å². The van der Waals surface area contributed by atoms with Crippen molar-refractivity contribution in [2.45, 2.75) is 76.0 Å². The number of fused-ring (bicyclic) bond motifs is 6. The summed E-state index contributed by atoms with van der Waals surface area (Å²) >= 11 is 0. The maximum atomic E-state index is 5.12. The molecule has 10 rings (SSSR count). The summed E-state index contributed by atoms with van der Waals surface area (Å²) in [4.78, 5) is 15.3. The molecule has 0 aliphatic heterocycles. The van der Waals surface area contributed by atoms with Gasteiger partial charge in [0.1, 0.15) is 0 Å². The molecule has 54 heavy (non-hydrogen) atoms. The van der Waals surface area contributed by atoms with Crippen LogP contribution in [0, 0.1) is 12.1 Å². The van der Waals surface area contributed by atoms with Gasteiger partial charge in [-0.3, -0.25) is 0 Å². The van der Waals surface area contributed by atoms with E-state index in [1.54, 1.807) is 0 Å². The van der Waals surface area contributed by atoms with Crippen LogP contribution in [0.2, 0.25) is 0 Å². The Morgan fingerprint density at radius 2 is 1.48 bits per heavy atom. The predicted molar refractivity (Wildman–Crippen MR) is 221 cm³/mol. The van der Waals surface area contributed by atoms with Gasteiger partial charge in [-0.05, 0) is 93.5 Å². The normalized spacial score (nSPS) is 21.1. The molecule has 0 fully saturated rings. The van der Waals surface area contributed by atoms with Gasteiger partial charge in [-0.25, -0.2) is 15.0 Å². The minimum absolute atomic E-state index is 0.00824. The van der Waals surface area contributed by atoms with E-state index in [2.05, 4.69) is 161 Å². The van der Waals surface area contributed by atoms with Crippen LogP contribution < -0.4 is 0 Å². The zero-order valence-corrected chi connectivity index (χ0v) is 31.4. The highest BCUT2D eigenvalue weighted by Crippen LogP contribution is 2.53. The largest absolute Gasteiger partial charge is 0.209 e. The molecule has 3 nitrogen and oxygen atoms in total. The molecule has 0 saturated heterocycles. The molecular formula is C51H43N3. The summed E-state index contributed by atoms with van der Waals surface area (Å²) in [5, 5.41) is 0. The van der Waals surface area contributed by atoms with Crippen molar-refractivity contribution in [1.82, 2.24) is 15.0 Å². The van der Waals surface area contributed by atoms with Gasteiger partial charge in [0.2, 0.25) is 0 Å². The Kier molecular flexibility index (Phi) is 7.50. The van der Waals surface area contributed by atoms with Crippen molar-refractivity contribution in [3.05, 3.63) is 190 Å². The zero-order chi connectivity index (χ0) is 36.6. The number of aromatic nitrogens is 3. The molecule has 3 heteroatoms. The standard InChI is InChI=1S/C51H43N3/c1-50(2)43-16-10-8-14-39(43)41-28-26-37(30-45(41)50)32-18-22-35(23-19-32)48-52-47(34-12-6-5-7-13-34)53-49(54-48)36-24-20-33(21-25-36)38-27-29-42-40-15-9-11-17-44(40)51(3,4)46(42)31-38/h5-6,8,10-12,14,16-18,20-26,28-32,38H,7,13,19,27H2,1-4H3. The zero-order valence-electron chi connectivity index (χ0n) is 31.4. The molecule has 5 aliphatic carbocycles. The van der Waals surface area contributed by atoms with E-state index in [9.17, 15) is 0 Å². The first-order valence-corrected chi connectivity index (χ1v) is 19.5. The number of hydrogen-bond donors (Lipinski definition) is 0. The SMILES string of the molecule is CC1(C)C2=CC(c3ccc(-c4nc(C5=CCC(c6ccc7c(c6)C(C)(C)c6ccccc6-7)C=C5)nc(C5=CC=CCC5)n4)cc3)CC=C2c2c#cccc21. The van der Waals surface area contributed by atoms with Crippen molar-refractivity contribution in [3.63, 3.8) is 0 Å². The van der Waals surface area contributed by atoms with Crippen LogP contribution in [-0.4, -0.2) is 15.0 Å². The average Bonchev–Trinajstić information content (AvgIpc) is 3.60. The van der Waals surface area contributed by atoms with Crippen molar-refractivity contribution < 1.29 is 0 Å². The lowest BCUT2D eigenvalue weighted by Crippen LogP contribution is -2.17. The van der Waals surface area contributed by atoms with E-state index in [-0.39, 0.29) is 10.8 Å². The highest BCUT2D eigenvalue weighted by atomic mass is 15.0. The first-order chi connectivity index (χ1) is 26.3. The van der Waals surface area contributed by atoms with Gasteiger partial charge in [0.05, 0.1) is 0 Å². The lowest BCUT2D eigenvalue weighted by atomic mass is 9.77. The number of benzene rings is 3. The van der Waals surface area contributed by atoms with Gasteiger partial charge in [0, 0.05) is 39.4 Å². The van der Waals surface area contributed by atoms with Crippen LogP contribution in [0.3, 0.4) is 0 Å². The maximum Gasteiger partial charge on any atom is 0.164 e. The molecule has 1 aromatic heterocycles. The third-order valence-corrected chi connectivity index (χ3v) is 12.6. The van der Waals surface area contributed by atoms with Crippen molar-refractivity contribution in [2.24, 2.45) is 0 Å². The Bertz CT molecular complexity index is 2550. The molecule has 2 unspecified atom stereocenters. The van der Waals surface area contributed by atoms with E-state index in [4.69, 9.17) is 15.0 Å². The van der Waals surface area contributed by atoms with Crippen LogP contribution in [-0.2, 0) is 10.8 Å². The van der Waals surface area contributed by atoms with Gasteiger partial charge in [0.15, 0.2) is 17.5 Å². The van der Waals surface area contributed by atoms with Crippen LogP contribution in [0.1, 0.15) is 110 Å². The number of hydrogen-bond acceptors (Lipinski definition) is 3. The summed E-state index contributed by atoms with van der Waals surface area (Å²) in [6, 6.07) is 35.6. The second-order valence-corrected chi connectivity index (χ2v) is 16.5. The van der Waals surface area contributed by atoms with Crippen LogP contribution in [0.5, 0.6) is 0 Å². The third-order valence-electron chi connectivity index (χ3n) is 12.6. The molecule has 262 valence electrons. The number of allylic oxidation sites excluding steroid dienone is 12. The molecule has 1 heterocycles. The van der Waals surface area contributed by atoms with Gasteiger partial charge >= 0.3 is 0 Å². The Morgan fingerprint density at radius 1 is 0.704 bits per heavy atom. The minimum atomic E-state index is -0.0427. The first-order valence-electron chi connectivity index (χ1n) is 19.5. The Morgan fingerprint density at radius 3 is 2.30 bits per heavy atom. The highest BCUT2D eigenvalue weighted by Gasteiger charge is 2.40. The molecule has 5 aromatic rings. The first kappa shape index (κ1) is 32.8. The Labute approximate surface area is 319 Å². The van der Waals surface area contributed by atoms with E-state index < -0.39 is 0 Å². The molecule has 0 saturated carbocycles. The van der Waals surface area contributed by atoms with Crippen molar-refractivity contribution >= 4 is 16.7 Å². The smallest absolute Gasteiger partial charge is 0.164 e. The third kappa shape index (κ3) is 5.23. The van der Waals surface area contributed by atoms with Crippen molar-refractivity contribution in [1.29, 1.82) is 0 Å². The summed E-state index contributed by atoms with van der Waals surface area (Å²) in [6.45, 7) is 9.36. The molecule has 0 spiro atoms. The summed E-state index contributed by atoms with van der Waals surface area (Å²) in [5.41, 5.74) is 16.7. The fourth-order valence-corrected chi connectivity index (χ4v) is 9.43. The van der Waals surface area contributed by atoms with E-state index in [1.165, 1.54) is 55.7 Å². The second-order valence-electron chi connectivity index (χ2n) is 16.5. The van der Waals surface area contributed by atoms with Crippen LogP contribution >= 0.6 is 0 Å². The lowest BCUT2D eigenvalue weighted by molar-refractivity contribution is 0.648. The Hall–Kier alpha value is -5.85. The molecule has 0 bridgehead atoms. The topological polar surface area (TPSA) is 38.7 Å². The van der Waals surface area contributed by atoms with Gasteiger partial charge in [0.25, 0.3) is 0 Å². The number of rotatable bonds is 5. The highest BCUT2D eigenvalue weighted by molar-refractivity contribution is 5.90. The monoisotopic (exact) mass is 697 g/mol. The quantitative estimate of drug-likeness (QED) is 0.183. The molecule has 2 atom stereocenters. The summed E-state index contributed by atoms with van der Waals surface area (Å²) in [5.74, 6) is 2.85. The van der Waals surface area contributed by atoms with Crippen molar-refractivity contribution in [2.75, 3.05) is 0 Å². The van der Waals surface area contributed by atoms with Crippen LogP contribution in [0.25, 0.3) is 39.2 Å². The predicted octanol–water partition coefficient (Wildman–Crippen LogP) is 12.1. The fourth-order valence-electron chi connectivity index (χ4n) is 9.43. The molecular weight excluding hydrogens is 655 g/mol. The van der Waals surface area contributed by atoms with Crippen molar-refractivity contribution in [3.8, 4) is 22.5 Å². The van der Waals surface area contributed by atoms with Gasteiger partial charge in [-0.15, -0.1) is 0 Å². The second kappa shape index (κ2) is 12.4. The molecule has 0 N–H and O–H groups in total. The summed E-state index contributed by atoms with van der Waals surface area (Å²) in [6.07, 6.45) is 22.0. The molecule has 0 radical (unpaired) electrons. The minimum Gasteiger partial charge on any atom is -0.209 e. The van der Waals surface area contributed by atoms with E-state index in [0.717, 1.165) is 59.9 Å². The maximum absolute atomic E-state index is 5.12. The molecule has 5 aliphatic rings. The number of nitrogens with zero attached hydrogens (tertiary/aromatic N) is 3.